The number of aromatic amines is 1. The first kappa shape index (κ1) is 13.0. The van der Waals surface area contributed by atoms with Crippen LogP contribution in [0.1, 0.15) is 24.0 Å². The Morgan fingerprint density at radius 2 is 2.14 bits per heavy atom. The summed E-state index contributed by atoms with van der Waals surface area (Å²) in [6.07, 6.45) is 9.92. The first-order chi connectivity index (χ1) is 10.9. The highest BCUT2D eigenvalue weighted by atomic mass is 15.1. The van der Waals surface area contributed by atoms with E-state index in [2.05, 4.69) is 45.5 Å². The molecule has 4 rings (SSSR count). The zero-order valence-electron chi connectivity index (χ0n) is 12.2. The lowest BCUT2D eigenvalue weighted by atomic mass is 9.94. The molecule has 1 N–H and O–H groups in total. The van der Waals surface area contributed by atoms with E-state index >= 15 is 0 Å². The van der Waals surface area contributed by atoms with Gasteiger partial charge >= 0.3 is 0 Å². The maximum Gasteiger partial charge on any atom is 0.0694 e. The van der Waals surface area contributed by atoms with Crippen molar-refractivity contribution in [2.45, 2.75) is 12.8 Å². The summed E-state index contributed by atoms with van der Waals surface area (Å²) < 4.78 is 0. The Bertz CT molecular complexity index is 859. The third-order valence-corrected chi connectivity index (χ3v) is 3.92. The molecule has 0 saturated heterocycles. The van der Waals surface area contributed by atoms with Crippen LogP contribution in [0.4, 0.5) is 0 Å². The van der Waals surface area contributed by atoms with Crippen LogP contribution >= 0.6 is 0 Å². The number of nitrogens with zero attached hydrogens (tertiary/aromatic N) is 3. The SMILES string of the molecule is C(=C1/CCCN=C1c1cccnc1)/c1ccc2[nH]ncc2c1. The van der Waals surface area contributed by atoms with E-state index in [1.807, 2.05) is 18.5 Å². The van der Waals surface area contributed by atoms with Crippen LogP contribution in [0.25, 0.3) is 17.0 Å². The van der Waals surface area contributed by atoms with Crippen molar-refractivity contribution < 1.29 is 0 Å². The van der Waals surface area contributed by atoms with E-state index < -0.39 is 0 Å². The van der Waals surface area contributed by atoms with Gasteiger partial charge in [0.15, 0.2) is 0 Å². The fourth-order valence-corrected chi connectivity index (χ4v) is 2.85. The van der Waals surface area contributed by atoms with E-state index in [-0.39, 0.29) is 0 Å². The average molecular weight is 288 g/mol. The van der Waals surface area contributed by atoms with E-state index in [9.17, 15) is 0 Å². The Hall–Kier alpha value is -2.75. The van der Waals surface area contributed by atoms with Crippen molar-refractivity contribution in [2.24, 2.45) is 4.99 Å². The van der Waals surface area contributed by atoms with Gasteiger partial charge in [-0.2, -0.15) is 5.10 Å². The molecular formula is C18H16N4. The van der Waals surface area contributed by atoms with Crippen LogP contribution in [0, 0.1) is 0 Å². The summed E-state index contributed by atoms with van der Waals surface area (Å²) in [4.78, 5) is 8.93. The minimum absolute atomic E-state index is 0.891. The van der Waals surface area contributed by atoms with Gasteiger partial charge in [0.05, 0.1) is 17.4 Å². The summed E-state index contributed by atoms with van der Waals surface area (Å²) in [7, 11) is 0. The molecule has 1 aliphatic rings. The molecule has 4 nitrogen and oxygen atoms in total. The molecule has 3 aromatic rings. The smallest absolute Gasteiger partial charge is 0.0694 e. The van der Waals surface area contributed by atoms with Crippen LogP contribution in [-0.4, -0.2) is 27.4 Å². The van der Waals surface area contributed by atoms with Crippen molar-refractivity contribution in [1.82, 2.24) is 15.2 Å². The zero-order valence-corrected chi connectivity index (χ0v) is 12.2. The summed E-state index contributed by atoms with van der Waals surface area (Å²) in [5, 5.41) is 8.19. The minimum atomic E-state index is 0.891. The van der Waals surface area contributed by atoms with Gasteiger partial charge in [0.1, 0.15) is 0 Å². The number of hydrogen-bond acceptors (Lipinski definition) is 3. The van der Waals surface area contributed by atoms with Gasteiger partial charge < -0.3 is 0 Å². The van der Waals surface area contributed by atoms with Crippen LogP contribution in [0.5, 0.6) is 0 Å². The second-order valence-corrected chi connectivity index (χ2v) is 5.46. The van der Waals surface area contributed by atoms with Crippen molar-refractivity contribution >= 4 is 22.7 Å². The number of rotatable bonds is 2. The lowest BCUT2D eigenvalue weighted by Crippen LogP contribution is -2.11. The van der Waals surface area contributed by atoms with Gasteiger partial charge in [0.2, 0.25) is 0 Å². The molecule has 0 bridgehead atoms. The van der Waals surface area contributed by atoms with E-state index in [4.69, 9.17) is 4.99 Å². The molecule has 0 spiro atoms. The van der Waals surface area contributed by atoms with Crippen molar-refractivity contribution in [3.05, 3.63) is 65.6 Å². The Morgan fingerprint density at radius 3 is 3.05 bits per heavy atom. The zero-order chi connectivity index (χ0) is 14.8. The molecule has 0 saturated carbocycles. The number of nitrogens with one attached hydrogen (secondary N) is 1. The normalized spacial score (nSPS) is 16.9. The van der Waals surface area contributed by atoms with Crippen molar-refractivity contribution in [1.29, 1.82) is 0 Å². The van der Waals surface area contributed by atoms with Gasteiger partial charge in [-0.05, 0) is 54.3 Å². The predicted molar refractivity (Wildman–Crippen MR) is 88.9 cm³/mol. The van der Waals surface area contributed by atoms with Gasteiger partial charge in [-0.15, -0.1) is 0 Å². The van der Waals surface area contributed by atoms with Crippen molar-refractivity contribution in [2.75, 3.05) is 6.54 Å². The molecule has 0 unspecified atom stereocenters. The van der Waals surface area contributed by atoms with Crippen LogP contribution in [-0.2, 0) is 0 Å². The molecule has 0 radical (unpaired) electrons. The highest BCUT2D eigenvalue weighted by molar-refractivity contribution is 6.15. The second-order valence-electron chi connectivity index (χ2n) is 5.46. The van der Waals surface area contributed by atoms with Gasteiger partial charge in [-0.25, -0.2) is 0 Å². The molecule has 1 aromatic carbocycles. The molecule has 3 heterocycles. The minimum Gasteiger partial charge on any atom is -0.284 e. The Morgan fingerprint density at radius 1 is 1.14 bits per heavy atom. The van der Waals surface area contributed by atoms with Crippen molar-refractivity contribution in [3.8, 4) is 0 Å². The van der Waals surface area contributed by atoms with Gasteiger partial charge in [-0.1, -0.05) is 6.07 Å². The maximum atomic E-state index is 4.72. The van der Waals surface area contributed by atoms with E-state index in [1.165, 1.54) is 11.1 Å². The highest BCUT2D eigenvalue weighted by Crippen LogP contribution is 2.23. The molecule has 1 aliphatic heterocycles. The van der Waals surface area contributed by atoms with E-state index in [0.29, 0.717) is 0 Å². The molecule has 0 aliphatic carbocycles. The number of allylic oxidation sites excluding steroid dienone is 1. The molecule has 2 aromatic heterocycles. The number of hydrogen-bond donors (Lipinski definition) is 1. The largest absolute Gasteiger partial charge is 0.284 e. The lowest BCUT2D eigenvalue weighted by Gasteiger charge is -2.16. The summed E-state index contributed by atoms with van der Waals surface area (Å²) in [5.41, 5.74) is 5.70. The van der Waals surface area contributed by atoms with Crippen LogP contribution in [0.3, 0.4) is 0 Å². The van der Waals surface area contributed by atoms with Gasteiger partial charge in [-0.3, -0.25) is 15.1 Å². The van der Waals surface area contributed by atoms with Gasteiger partial charge in [0.25, 0.3) is 0 Å². The highest BCUT2D eigenvalue weighted by Gasteiger charge is 2.14. The summed E-state index contributed by atoms with van der Waals surface area (Å²) in [5.74, 6) is 0. The molecule has 0 amide bonds. The standard InChI is InChI=1S/C18H16N4/c1-4-15(11-19-7-1)18-14(3-2-8-20-18)9-13-5-6-17-16(10-13)12-21-22-17/h1,4-7,9-12H,2-3,8H2,(H,21,22)/b14-9+. The molecule has 108 valence electrons. The van der Waals surface area contributed by atoms with E-state index in [0.717, 1.165) is 41.6 Å². The van der Waals surface area contributed by atoms with E-state index in [1.54, 1.807) is 6.20 Å². The molecule has 0 fully saturated rings. The Balaban J connectivity index is 1.75. The average Bonchev–Trinajstić information content (AvgIpc) is 3.04. The number of benzene rings is 1. The summed E-state index contributed by atoms with van der Waals surface area (Å²) in [6, 6.07) is 10.4. The second kappa shape index (κ2) is 5.56. The molecule has 4 heteroatoms. The Labute approximate surface area is 128 Å². The number of pyridine rings is 1. The topological polar surface area (TPSA) is 53.9 Å². The number of fused-ring (bicyclic) bond motifs is 1. The van der Waals surface area contributed by atoms with Crippen LogP contribution in [0.15, 0.2) is 59.5 Å². The molecular weight excluding hydrogens is 272 g/mol. The van der Waals surface area contributed by atoms with Gasteiger partial charge in [0, 0.05) is 29.9 Å². The number of aromatic nitrogens is 3. The molecule has 22 heavy (non-hydrogen) atoms. The molecule has 0 atom stereocenters. The van der Waals surface area contributed by atoms with Crippen molar-refractivity contribution in [3.63, 3.8) is 0 Å². The fourth-order valence-electron chi connectivity index (χ4n) is 2.85. The number of H-pyrrole nitrogens is 1. The quantitative estimate of drug-likeness (QED) is 0.783. The summed E-state index contributed by atoms with van der Waals surface area (Å²) >= 11 is 0. The first-order valence-corrected chi connectivity index (χ1v) is 7.49. The third-order valence-electron chi connectivity index (χ3n) is 3.92. The first-order valence-electron chi connectivity index (χ1n) is 7.49. The van der Waals surface area contributed by atoms with Crippen LogP contribution in [0.2, 0.25) is 0 Å². The Kier molecular flexibility index (Phi) is 3.27. The van der Waals surface area contributed by atoms with Crippen LogP contribution < -0.4 is 0 Å². The third kappa shape index (κ3) is 2.44. The summed E-state index contributed by atoms with van der Waals surface area (Å²) in [6.45, 7) is 0.891. The lowest BCUT2D eigenvalue weighted by molar-refractivity contribution is 0.818. The number of aliphatic imine (C=N–C) groups is 1. The maximum absolute atomic E-state index is 4.72. The predicted octanol–water partition coefficient (Wildman–Crippen LogP) is 3.62. The fraction of sp³-hybridized carbons (Fsp3) is 0.167. The monoisotopic (exact) mass is 288 g/mol.